The fourth-order valence-electron chi connectivity index (χ4n) is 1.60. The monoisotopic (exact) mass is 213 g/mol. The molecule has 2 aromatic rings. The molecule has 0 unspecified atom stereocenters. The van der Waals surface area contributed by atoms with Gasteiger partial charge in [-0.15, -0.1) is 0 Å². The molecule has 0 saturated carbocycles. The lowest BCUT2D eigenvalue weighted by molar-refractivity contribution is 0.100. The molecule has 0 bridgehead atoms. The summed E-state index contributed by atoms with van der Waals surface area (Å²) >= 11 is 0. The van der Waals surface area contributed by atoms with E-state index in [9.17, 15) is 9.90 Å². The summed E-state index contributed by atoms with van der Waals surface area (Å²) in [4.78, 5) is 11.2. The van der Waals surface area contributed by atoms with Crippen LogP contribution in [0.25, 0.3) is 11.1 Å². The fraction of sp³-hybridized carbons (Fsp3) is 0. The van der Waals surface area contributed by atoms with Crippen LogP contribution in [-0.4, -0.2) is 11.0 Å². The minimum atomic E-state index is -0.501. The van der Waals surface area contributed by atoms with E-state index in [0.717, 1.165) is 5.56 Å². The third-order valence-corrected chi connectivity index (χ3v) is 2.35. The van der Waals surface area contributed by atoms with E-state index in [1.165, 1.54) is 18.2 Å². The molecular formula is C13H11NO2. The third-order valence-electron chi connectivity index (χ3n) is 2.35. The zero-order chi connectivity index (χ0) is 11.5. The van der Waals surface area contributed by atoms with Gasteiger partial charge in [-0.05, 0) is 29.3 Å². The summed E-state index contributed by atoms with van der Waals surface area (Å²) in [5.41, 5.74) is 7.19. The Labute approximate surface area is 93.1 Å². The number of carbonyl (C=O) groups is 1. The van der Waals surface area contributed by atoms with Crippen molar-refractivity contribution in [3.05, 3.63) is 54.1 Å². The molecule has 2 aromatic carbocycles. The van der Waals surface area contributed by atoms with Gasteiger partial charge in [-0.3, -0.25) is 4.79 Å². The van der Waals surface area contributed by atoms with Gasteiger partial charge in [-0.1, -0.05) is 30.3 Å². The highest BCUT2D eigenvalue weighted by atomic mass is 16.3. The first-order valence-electron chi connectivity index (χ1n) is 4.87. The summed E-state index contributed by atoms with van der Waals surface area (Å²) in [5.74, 6) is -0.386. The summed E-state index contributed by atoms with van der Waals surface area (Å²) < 4.78 is 0. The predicted molar refractivity (Wildman–Crippen MR) is 62.1 cm³/mol. The van der Waals surface area contributed by atoms with Gasteiger partial charge < -0.3 is 10.8 Å². The minimum Gasteiger partial charge on any atom is -0.508 e. The molecule has 16 heavy (non-hydrogen) atoms. The summed E-state index contributed by atoms with van der Waals surface area (Å²) in [6.45, 7) is 0. The van der Waals surface area contributed by atoms with Gasteiger partial charge in [0.1, 0.15) is 5.75 Å². The number of aromatic hydroxyl groups is 1. The van der Waals surface area contributed by atoms with Crippen LogP contribution in [0.15, 0.2) is 48.5 Å². The average molecular weight is 213 g/mol. The van der Waals surface area contributed by atoms with Gasteiger partial charge in [-0.2, -0.15) is 0 Å². The number of hydrogen-bond acceptors (Lipinski definition) is 2. The first-order valence-corrected chi connectivity index (χ1v) is 4.87. The lowest BCUT2D eigenvalue weighted by Crippen LogP contribution is -2.12. The van der Waals surface area contributed by atoms with E-state index in [2.05, 4.69) is 0 Å². The minimum absolute atomic E-state index is 0.115. The first kappa shape index (κ1) is 10.2. The van der Waals surface area contributed by atoms with Crippen LogP contribution >= 0.6 is 0 Å². The molecule has 0 heterocycles. The molecule has 3 heteroatoms. The molecule has 0 radical (unpaired) electrons. The van der Waals surface area contributed by atoms with Crippen molar-refractivity contribution in [2.45, 2.75) is 0 Å². The van der Waals surface area contributed by atoms with Gasteiger partial charge >= 0.3 is 0 Å². The fourth-order valence-corrected chi connectivity index (χ4v) is 1.60. The third kappa shape index (κ3) is 1.88. The van der Waals surface area contributed by atoms with E-state index in [4.69, 9.17) is 5.73 Å². The Bertz CT molecular complexity index is 521. The van der Waals surface area contributed by atoms with Gasteiger partial charge in [0.25, 0.3) is 0 Å². The van der Waals surface area contributed by atoms with Crippen LogP contribution in [0.2, 0.25) is 0 Å². The maximum absolute atomic E-state index is 11.2. The van der Waals surface area contributed by atoms with E-state index in [-0.39, 0.29) is 5.75 Å². The molecule has 0 aliphatic rings. The van der Waals surface area contributed by atoms with Crippen molar-refractivity contribution in [1.29, 1.82) is 0 Å². The first-order chi connectivity index (χ1) is 7.68. The molecule has 0 saturated heterocycles. The highest BCUT2D eigenvalue weighted by Gasteiger charge is 2.10. The number of nitrogens with two attached hydrogens (primary N) is 1. The Balaban J connectivity index is 2.63. The van der Waals surface area contributed by atoms with Crippen molar-refractivity contribution < 1.29 is 9.90 Å². The number of carbonyl (C=O) groups excluding carboxylic acids is 1. The number of hydrogen-bond donors (Lipinski definition) is 2. The van der Waals surface area contributed by atoms with Crippen molar-refractivity contribution in [3.63, 3.8) is 0 Å². The normalized spacial score (nSPS) is 10.0. The van der Waals surface area contributed by atoms with Crippen LogP contribution < -0.4 is 5.73 Å². The van der Waals surface area contributed by atoms with Crippen LogP contribution in [0.5, 0.6) is 5.75 Å². The quantitative estimate of drug-likeness (QED) is 0.802. The van der Waals surface area contributed by atoms with Crippen molar-refractivity contribution in [3.8, 4) is 16.9 Å². The molecule has 1 amide bonds. The molecule has 2 rings (SSSR count). The summed E-state index contributed by atoms with van der Waals surface area (Å²) in [7, 11) is 0. The highest BCUT2D eigenvalue weighted by Crippen LogP contribution is 2.27. The number of phenolic OH excluding ortho intramolecular Hbond substituents is 1. The average Bonchev–Trinajstić information content (AvgIpc) is 2.29. The Morgan fingerprint density at radius 1 is 1.06 bits per heavy atom. The number of primary amides is 1. The maximum atomic E-state index is 11.2. The molecule has 0 atom stereocenters. The molecule has 3 nitrogen and oxygen atoms in total. The Kier molecular flexibility index (Phi) is 2.60. The molecule has 0 spiro atoms. The predicted octanol–water partition coefficient (Wildman–Crippen LogP) is 2.16. The zero-order valence-electron chi connectivity index (χ0n) is 8.55. The van der Waals surface area contributed by atoms with Crippen LogP contribution in [0.3, 0.4) is 0 Å². The molecule has 3 N–H and O–H groups in total. The van der Waals surface area contributed by atoms with Gasteiger partial charge in [0, 0.05) is 5.56 Å². The standard InChI is InChI=1S/C13H11NO2/c14-13(16)11-7-6-10(15)8-12(11)9-4-2-1-3-5-9/h1-8,15H,(H2,14,16). The lowest BCUT2D eigenvalue weighted by atomic mass is 9.99. The topological polar surface area (TPSA) is 63.3 Å². The van der Waals surface area contributed by atoms with Crippen molar-refractivity contribution in [2.75, 3.05) is 0 Å². The molecule has 0 aliphatic heterocycles. The Morgan fingerprint density at radius 3 is 2.38 bits per heavy atom. The second kappa shape index (κ2) is 4.06. The molecule has 0 aromatic heterocycles. The zero-order valence-corrected chi connectivity index (χ0v) is 8.55. The Morgan fingerprint density at radius 2 is 1.75 bits per heavy atom. The molecular weight excluding hydrogens is 202 g/mol. The summed E-state index contributed by atoms with van der Waals surface area (Å²) in [6, 6.07) is 13.9. The van der Waals surface area contributed by atoms with Crippen LogP contribution in [0, 0.1) is 0 Å². The van der Waals surface area contributed by atoms with Gasteiger partial charge in [0.2, 0.25) is 5.91 Å². The molecule has 80 valence electrons. The van der Waals surface area contributed by atoms with E-state index in [1.54, 1.807) is 0 Å². The summed E-state index contributed by atoms with van der Waals surface area (Å²) in [6.07, 6.45) is 0. The van der Waals surface area contributed by atoms with E-state index in [1.807, 2.05) is 30.3 Å². The van der Waals surface area contributed by atoms with Crippen LogP contribution in [0.4, 0.5) is 0 Å². The highest BCUT2D eigenvalue weighted by molar-refractivity contribution is 6.00. The number of benzene rings is 2. The lowest BCUT2D eigenvalue weighted by Gasteiger charge is -2.07. The Hall–Kier alpha value is -2.29. The van der Waals surface area contributed by atoms with E-state index in [0.29, 0.717) is 11.1 Å². The summed E-state index contributed by atoms with van der Waals surface area (Å²) in [5, 5.41) is 9.43. The van der Waals surface area contributed by atoms with Gasteiger partial charge in [0.15, 0.2) is 0 Å². The number of rotatable bonds is 2. The molecule has 0 fully saturated rings. The SMILES string of the molecule is NC(=O)c1ccc(O)cc1-c1ccccc1. The second-order valence-electron chi connectivity index (χ2n) is 3.46. The van der Waals surface area contributed by atoms with Crippen molar-refractivity contribution in [1.82, 2.24) is 0 Å². The maximum Gasteiger partial charge on any atom is 0.249 e. The second-order valence-corrected chi connectivity index (χ2v) is 3.46. The largest absolute Gasteiger partial charge is 0.508 e. The number of amides is 1. The number of phenols is 1. The molecule has 0 aliphatic carbocycles. The smallest absolute Gasteiger partial charge is 0.249 e. The van der Waals surface area contributed by atoms with Crippen molar-refractivity contribution in [2.24, 2.45) is 5.73 Å². The van der Waals surface area contributed by atoms with Gasteiger partial charge in [-0.25, -0.2) is 0 Å². The van der Waals surface area contributed by atoms with Crippen LogP contribution in [-0.2, 0) is 0 Å². The van der Waals surface area contributed by atoms with E-state index >= 15 is 0 Å². The van der Waals surface area contributed by atoms with Gasteiger partial charge in [0.05, 0.1) is 0 Å². The van der Waals surface area contributed by atoms with Crippen molar-refractivity contribution >= 4 is 5.91 Å². The van der Waals surface area contributed by atoms with Crippen LogP contribution in [0.1, 0.15) is 10.4 Å². The van der Waals surface area contributed by atoms with E-state index < -0.39 is 5.91 Å².